The second-order valence-electron chi connectivity index (χ2n) is 4.85. The Balaban J connectivity index is 2.28. The predicted octanol–water partition coefficient (Wildman–Crippen LogP) is 0.318. The number of hydrogen-bond acceptors (Lipinski definition) is 4. The minimum Gasteiger partial charge on any atom is -0.455 e. The molecule has 1 rings (SSSR count). The van der Waals surface area contributed by atoms with Crippen LogP contribution in [0, 0.1) is 5.41 Å². The van der Waals surface area contributed by atoms with Gasteiger partial charge in [-0.15, -0.1) is 23.2 Å². The molecule has 0 aliphatic heterocycles. The van der Waals surface area contributed by atoms with Crippen molar-refractivity contribution < 1.29 is 19.1 Å². The van der Waals surface area contributed by atoms with Crippen LogP contribution in [0.5, 0.6) is 0 Å². The predicted molar refractivity (Wildman–Crippen MR) is 69.8 cm³/mol. The highest BCUT2D eigenvalue weighted by molar-refractivity contribution is 6.53. The van der Waals surface area contributed by atoms with Gasteiger partial charge in [-0.2, -0.15) is 0 Å². The van der Waals surface area contributed by atoms with Crippen LogP contribution in [-0.2, 0) is 19.1 Å². The van der Waals surface area contributed by atoms with E-state index in [4.69, 9.17) is 27.9 Å². The zero-order valence-electron chi connectivity index (χ0n) is 11.0. The number of rotatable bonds is 5. The van der Waals surface area contributed by atoms with Crippen LogP contribution < -0.4 is 5.32 Å². The van der Waals surface area contributed by atoms with Crippen LogP contribution >= 0.6 is 23.2 Å². The van der Waals surface area contributed by atoms with Crippen LogP contribution in [0.15, 0.2) is 0 Å². The lowest BCUT2D eigenvalue weighted by Gasteiger charge is -2.13. The Morgan fingerprint density at radius 1 is 1.32 bits per heavy atom. The monoisotopic (exact) mass is 310 g/mol. The van der Waals surface area contributed by atoms with Crippen molar-refractivity contribution in [2.45, 2.75) is 17.7 Å². The van der Waals surface area contributed by atoms with Crippen molar-refractivity contribution in [2.75, 3.05) is 27.2 Å². The molecule has 19 heavy (non-hydrogen) atoms. The number of carbonyl (C=O) groups excluding carboxylic acids is 3. The van der Waals surface area contributed by atoms with Gasteiger partial charge in [0, 0.05) is 20.5 Å². The summed E-state index contributed by atoms with van der Waals surface area (Å²) in [6.07, 6.45) is 0.294. The summed E-state index contributed by atoms with van der Waals surface area (Å²) in [5, 5.41) is 2.34. The highest BCUT2D eigenvalue weighted by atomic mass is 35.5. The quantitative estimate of drug-likeness (QED) is 0.586. The number of alkyl halides is 2. The molecule has 0 bridgehead atoms. The number of nitrogens with one attached hydrogen (secondary N) is 1. The minimum atomic E-state index is -1.12. The molecule has 108 valence electrons. The summed E-state index contributed by atoms with van der Waals surface area (Å²) in [6.45, 7) is 0.970. The highest BCUT2D eigenvalue weighted by Crippen LogP contribution is 2.64. The largest absolute Gasteiger partial charge is 0.455 e. The first-order valence-electron chi connectivity index (χ1n) is 5.62. The number of esters is 1. The minimum absolute atomic E-state index is 0.143. The fourth-order valence-corrected chi connectivity index (χ4v) is 1.98. The molecule has 0 saturated heterocycles. The van der Waals surface area contributed by atoms with Crippen LogP contribution in [0.25, 0.3) is 0 Å². The summed E-state index contributed by atoms with van der Waals surface area (Å²) >= 11 is 11.6. The van der Waals surface area contributed by atoms with Crippen LogP contribution in [0.2, 0.25) is 0 Å². The number of ether oxygens (including phenoxy) is 1. The molecular formula is C11H16Cl2N2O4. The normalized spacial score (nSPS) is 23.4. The van der Waals surface area contributed by atoms with E-state index in [0.29, 0.717) is 6.42 Å². The first kappa shape index (κ1) is 16.0. The Hall–Kier alpha value is -1.01. The number of amides is 2. The van der Waals surface area contributed by atoms with E-state index in [1.54, 1.807) is 21.0 Å². The molecule has 6 nitrogen and oxygen atoms in total. The van der Waals surface area contributed by atoms with Gasteiger partial charge in [-0.3, -0.25) is 14.4 Å². The lowest BCUT2D eigenvalue weighted by atomic mass is 10.1. The molecule has 0 radical (unpaired) electrons. The van der Waals surface area contributed by atoms with Gasteiger partial charge in [0.05, 0.1) is 6.54 Å². The lowest BCUT2D eigenvalue weighted by molar-refractivity contribution is -0.153. The topological polar surface area (TPSA) is 75.7 Å². The maximum absolute atomic E-state index is 11.6. The maximum Gasteiger partial charge on any atom is 0.315 e. The Kier molecular flexibility index (Phi) is 4.68. The molecule has 0 heterocycles. The standard InChI is InChI=1S/C11H16Cl2N2O4/c1-10(6-11(10,12)13)9(18)19-5-7(16)14-4-8(17)15(2)3/h4-6H2,1-3H3,(H,14,16)/t10-/m1/s1. The fourth-order valence-electron chi connectivity index (χ4n) is 1.30. The molecule has 1 N–H and O–H groups in total. The zero-order valence-corrected chi connectivity index (χ0v) is 12.5. The second-order valence-corrected chi connectivity index (χ2v) is 6.34. The fraction of sp³-hybridized carbons (Fsp3) is 0.727. The molecule has 1 aliphatic carbocycles. The molecule has 1 atom stereocenters. The van der Waals surface area contributed by atoms with E-state index in [2.05, 4.69) is 5.32 Å². The third-order valence-corrected chi connectivity index (χ3v) is 4.08. The average molecular weight is 311 g/mol. The summed E-state index contributed by atoms with van der Waals surface area (Å²) in [5.74, 6) is -1.43. The molecule has 0 unspecified atom stereocenters. The van der Waals surface area contributed by atoms with E-state index in [1.165, 1.54) is 4.90 Å². The van der Waals surface area contributed by atoms with E-state index >= 15 is 0 Å². The Morgan fingerprint density at radius 2 is 1.84 bits per heavy atom. The molecule has 0 aromatic heterocycles. The molecule has 1 aliphatic rings. The van der Waals surface area contributed by atoms with Crippen molar-refractivity contribution in [3.05, 3.63) is 0 Å². The molecule has 0 aromatic carbocycles. The number of nitrogens with zero attached hydrogens (tertiary/aromatic N) is 1. The first-order chi connectivity index (χ1) is 8.60. The molecular weight excluding hydrogens is 295 g/mol. The molecule has 2 amide bonds. The highest BCUT2D eigenvalue weighted by Gasteiger charge is 2.69. The van der Waals surface area contributed by atoms with Gasteiger partial charge in [-0.05, 0) is 6.92 Å². The van der Waals surface area contributed by atoms with Gasteiger partial charge in [0.25, 0.3) is 5.91 Å². The summed E-state index contributed by atoms with van der Waals surface area (Å²) < 4.78 is 3.69. The van der Waals surface area contributed by atoms with E-state index in [-0.39, 0.29) is 12.5 Å². The van der Waals surface area contributed by atoms with Gasteiger partial charge in [0.1, 0.15) is 9.75 Å². The van der Waals surface area contributed by atoms with Crippen LogP contribution in [0.3, 0.4) is 0 Å². The lowest BCUT2D eigenvalue weighted by Crippen LogP contribution is -2.38. The van der Waals surface area contributed by atoms with Crippen LogP contribution in [-0.4, -0.2) is 54.3 Å². The SMILES string of the molecule is CN(C)C(=O)CNC(=O)COC(=O)[C@@]1(C)CC1(Cl)Cl. The van der Waals surface area contributed by atoms with Gasteiger partial charge in [0.15, 0.2) is 6.61 Å². The average Bonchev–Trinajstić information content (AvgIpc) is 2.83. The van der Waals surface area contributed by atoms with Gasteiger partial charge >= 0.3 is 5.97 Å². The third kappa shape index (κ3) is 3.73. The number of likely N-dealkylation sites (N-methyl/N-ethyl adjacent to an activating group) is 1. The van der Waals surface area contributed by atoms with Crippen molar-refractivity contribution in [2.24, 2.45) is 5.41 Å². The Bertz CT molecular complexity index is 411. The smallest absolute Gasteiger partial charge is 0.315 e. The molecule has 0 aromatic rings. The van der Waals surface area contributed by atoms with Gasteiger partial charge in [-0.1, -0.05) is 0 Å². The second kappa shape index (κ2) is 5.54. The summed E-state index contributed by atoms with van der Waals surface area (Å²) in [7, 11) is 3.14. The van der Waals surface area contributed by atoms with Crippen LogP contribution in [0.1, 0.15) is 13.3 Å². The van der Waals surface area contributed by atoms with Gasteiger partial charge < -0.3 is 15.0 Å². The van der Waals surface area contributed by atoms with Crippen molar-refractivity contribution in [1.82, 2.24) is 10.2 Å². The zero-order chi connectivity index (χ0) is 14.8. The Labute approximate surface area is 121 Å². The molecule has 1 saturated carbocycles. The van der Waals surface area contributed by atoms with E-state index in [9.17, 15) is 14.4 Å². The molecule has 8 heteroatoms. The van der Waals surface area contributed by atoms with Crippen molar-refractivity contribution in [3.8, 4) is 0 Å². The first-order valence-corrected chi connectivity index (χ1v) is 6.37. The van der Waals surface area contributed by atoms with Gasteiger partial charge in [-0.25, -0.2) is 0 Å². The summed E-state index contributed by atoms with van der Waals surface area (Å²) in [5.41, 5.74) is -0.962. The van der Waals surface area contributed by atoms with E-state index < -0.39 is 28.2 Å². The van der Waals surface area contributed by atoms with Crippen molar-refractivity contribution >= 4 is 41.0 Å². The van der Waals surface area contributed by atoms with Crippen LogP contribution in [0.4, 0.5) is 0 Å². The summed E-state index contributed by atoms with van der Waals surface area (Å²) in [6, 6.07) is 0. The molecule has 0 spiro atoms. The molecule has 1 fully saturated rings. The number of halogens is 2. The maximum atomic E-state index is 11.6. The van der Waals surface area contributed by atoms with Crippen molar-refractivity contribution in [1.29, 1.82) is 0 Å². The Morgan fingerprint density at radius 3 is 2.26 bits per heavy atom. The van der Waals surface area contributed by atoms with E-state index in [1.807, 2.05) is 0 Å². The summed E-state index contributed by atoms with van der Waals surface area (Å²) in [4.78, 5) is 35.6. The number of hydrogen-bond donors (Lipinski definition) is 1. The van der Waals surface area contributed by atoms with Crippen molar-refractivity contribution in [3.63, 3.8) is 0 Å². The van der Waals surface area contributed by atoms with E-state index in [0.717, 1.165) is 0 Å². The van der Waals surface area contributed by atoms with Gasteiger partial charge in [0.2, 0.25) is 5.91 Å². The number of carbonyl (C=O) groups is 3. The third-order valence-electron chi connectivity index (χ3n) is 2.98.